The SMILES string of the molecule is CCOC(=O)C1=C(C)NC(c2c(F)cc(F)cc2F)=N[C@H]1c1ccc(F)cc1Cl. The van der Waals surface area contributed by atoms with Crippen molar-refractivity contribution in [1.82, 2.24) is 5.32 Å². The number of halogens is 5. The Balaban J connectivity index is 2.19. The standard InChI is InChI=1S/C20H15ClF4N2O2/c1-3-29-20(28)16-9(2)26-19(17-14(24)7-11(23)8-15(17)25)27-18(16)12-5-4-10(22)6-13(12)21/h4-8,18H,3H2,1-2H3,(H,26,27)/t18-/m0/s1. The van der Waals surface area contributed by atoms with Gasteiger partial charge >= 0.3 is 5.97 Å². The lowest BCUT2D eigenvalue weighted by Crippen LogP contribution is -2.34. The molecule has 0 radical (unpaired) electrons. The highest BCUT2D eigenvalue weighted by Crippen LogP contribution is 2.36. The predicted octanol–water partition coefficient (Wildman–Crippen LogP) is 4.82. The second-order valence-electron chi connectivity index (χ2n) is 6.17. The van der Waals surface area contributed by atoms with Crippen molar-refractivity contribution in [1.29, 1.82) is 0 Å². The van der Waals surface area contributed by atoms with Crippen LogP contribution in [0.4, 0.5) is 17.6 Å². The van der Waals surface area contributed by atoms with Crippen molar-refractivity contribution in [2.75, 3.05) is 6.61 Å². The fraction of sp³-hybridized carbons (Fsp3) is 0.200. The summed E-state index contributed by atoms with van der Waals surface area (Å²) in [5.74, 6) is -5.03. The maximum absolute atomic E-state index is 14.3. The minimum Gasteiger partial charge on any atom is -0.463 e. The molecule has 0 saturated heterocycles. The molecule has 0 aromatic heterocycles. The molecule has 0 spiro atoms. The topological polar surface area (TPSA) is 50.7 Å². The van der Waals surface area contributed by atoms with E-state index in [1.54, 1.807) is 6.92 Å². The molecule has 2 aromatic carbocycles. The molecule has 4 nitrogen and oxygen atoms in total. The summed E-state index contributed by atoms with van der Waals surface area (Å²) in [6, 6.07) is 3.38. The van der Waals surface area contributed by atoms with Crippen molar-refractivity contribution in [3.8, 4) is 0 Å². The average Bonchev–Trinajstić information content (AvgIpc) is 2.60. The average molecular weight is 427 g/mol. The van der Waals surface area contributed by atoms with Gasteiger partial charge in [-0.3, -0.25) is 4.99 Å². The Labute approximate surface area is 168 Å². The molecule has 0 amide bonds. The summed E-state index contributed by atoms with van der Waals surface area (Å²) in [6.45, 7) is 3.18. The zero-order chi connectivity index (χ0) is 21.3. The van der Waals surface area contributed by atoms with Gasteiger partial charge in [0.2, 0.25) is 0 Å². The molecule has 0 unspecified atom stereocenters. The molecule has 152 valence electrons. The summed E-state index contributed by atoms with van der Waals surface area (Å²) in [6.07, 6.45) is 0. The number of hydrogen-bond acceptors (Lipinski definition) is 4. The first-order valence-electron chi connectivity index (χ1n) is 8.55. The molecule has 0 aliphatic carbocycles. The maximum atomic E-state index is 14.3. The van der Waals surface area contributed by atoms with E-state index in [1.807, 2.05) is 0 Å². The first-order valence-corrected chi connectivity index (χ1v) is 8.93. The van der Waals surface area contributed by atoms with Crippen molar-refractivity contribution in [3.05, 3.63) is 81.0 Å². The minimum absolute atomic E-state index is 0.0327. The number of amidine groups is 1. The molecule has 1 heterocycles. The van der Waals surface area contributed by atoms with Crippen LogP contribution in [0, 0.1) is 23.3 Å². The smallest absolute Gasteiger partial charge is 0.338 e. The van der Waals surface area contributed by atoms with Gasteiger partial charge in [0.15, 0.2) is 0 Å². The summed E-state index contributed by atoms with van der Waals surface area (Å²) in [5.41, 5.74) is -0.108. The Kier molecular flexibility index (Phi) is 5.93. The van der Waals surface area contributed by atoms with Crippen LogP contribution < -0.4 is 5.32 Å². The third-order valence-corrected chi connectivity index (χ3v) is 4.56. The Bertz CT molecular complexity index is 1030. The van der Waals surface area contributed by atoms with E-state index in [0.29, 0.717) is 12.1 Å². The van der Waals surface area contributed by atoms with E-state index in [1.165, 1.54) is 13.0 Å². The number of carbonyl (C=O) groups is 1. The second kappa shape index (κ2) is 8.24. The van der Waals surface area contributed by atoms with Crippen LogP contribution in [0.25, 0.3) is 0 Å². The number of rotatable bonds is 4. The Morgan fingerprint density at radius 1 is 1.14 bits per heavy atom. The summed E-state index contributed by atoms with van der Waals surface area (Å²) in [4.78, 5) is 16.7. The molecule has 0 fully saturated rings. The third-order valence-electron chi connectivity index (χ3n) is 4.24. The molecule has 3 rings (SSSR count). The molecule has 29 heavy (non-hydrogen) atoms. The van der Waals surface area contributed by atoms with Crippen molar-refractivity contribution in [3.63, 3.8) is 0 Å². The number of nitrogens with zero attached hydrogens (tertiary/aromatic N) is 1. The molecule has 9 heteroatoms. The van der Waals surface area contributed by atoms with E-state index < -0.39 is 40.8 Å². The molecule has 1 aliphatic heterocycles. The molecular weight excluding hydrogens is 412 g/mol. The maximum Gasteiger partial charge on any atom is 0.338 e. The molecule has 0 bridgehead atoms. The fourth-order valence-electron chi connectivity index (χ4n) is 2.99. The van der Waals surface area contributed by atoms with Gasteiger partial charge in [-0.15, -0.1) is 0 Å². The van der Waals surface area contributed by atoms with Crippen molar-refractivity contribution < 1.29 is 27.1 Å². The highest BCUT2D eigenvalue weighted by Gasteiger charge is 2.33. The van der Waals surface area contributed by atoms with E-state index in [-0.39, 0.29) is 34.3 Å². The van der Waals surface area contributed by atoms with Gasteiger partial charge in [-0.2, -0.15) is 0 Å². The van der Waals surface area contributed by atoms with Gasteiger partial charge in [0.1, 0.15) is 35.1 Å². The van der Waals surface area contributed by atoms with Gasteiger partial charge < -0.3 is 10.1 Å². The normalized spacial score (nSPS) is 16.4. The Morgan fingerprint density at radius 3 is 2.38 bits per heavy atom. The van der Waals surface area contributed by atoms with E-state index in [4.69, 9.17) is 16.3 Å². The molecule has 1 aliphatic rings. The van der Waals surface area contributed by atoms with E-state index in [0.717, 1.165) is 12.1 Å². The van der Waals surface area contributed by atoms with E-state index >= 15 is 0 Å². The molecule has 1 atom stereocenters. The molecule has 1 N–H and O–H groups in total. The van der Waals surface area contributed by atoms with Gasteiger partial charge in [-0.05, 0) is 26.0 Å². The number of allylic oxidation sites excluding steroid dienone is 1. The fourth-order valence-corrected chi connectivity index (χ4v) is 3.26. The molecule has 0 saturated carbocycles. The number of hydrogen-bond donors (Lipinski definition) is 1. The van der Waals surface area contributed by atoms with Gasteiger partial charge in [0.05, 0.1) is 17.7 Å². The summed E-state index contributed by atoms with van der Waals surface area (Å²) in [7, 11) is 0. The van der Waals surface area contributed by atoms with Gasteiger partial charge in [-0.1, -0.05) is 17.7 Å². The summed E-state index contributed by atoms with van der Waals surface area (Å²) < 4.78 is 60.4. The highest BCUT2D eigenvalue weighted by atomic mass is 35.5. The second-order valence-corrected chi connectivity index (χ2v) is 6.58. The Morgan fingerprint density at radius 2 is 1.79 bits per heavy atom. The first kappa shape index (κ1) is 20.9. The Hall–Kier alpha value is -2.87. The van der Waals surface area contributed by atoms with Crippen LogP contribution in [0.1, 0.15) is 31.0 Å². The van der Waals surface area contributed by atoms with Crippen LogP contribution >= 0.6 is 11.6 Å². The monoisotopic (exact) mass is 426 g/mol. The van der Waals surface area contributed by atoms with Crippen LogP contribution in [0.2, 0.25) is 5.02 Å². The van der Waals surface area contributed by atoms with Gasteiger partial charge in [0, 0.05) is 28.4 Å². The largest absolute Gasteiger partial charge is 0.463 e. The summed E-state index contributed by atoms with van der Waals surface area (Å²) in [5, 5.41) is 2.63. The number of benzene rings is 2. The van der Waals surface area contributed by atoms with Gasteiger partial charge in [-0.25, -0.2) is 22.4 Å². The van der Waals surface area contributed by atoms with Crippen LogP contribution in [-0.2, 0) is 9.53 Å². The van der Waals surface area contributed by atoms with E-state index in [9.17, 15) is 22.4 Å². The van der Waals surface area contributed by atoms with E-state index in [2.05, 4.69) is 10.3 Å². The van der Waals surface area contributed by atoms with Crippen molar-refractivity contribution in [2.24, 2.45) is 4.99 Å². The first-order chi connectivity index (χ1) is 13.7. The van der Waals surface area contributed by atoms with Crippen LogP contribution in [0.5, 0.6) is 0 Å². The molecular formula is C20H15ClF4N2O2. The van der Waals surface area contributed by atoms with Crippen molar-refractivity contribution >= 4 is 23.4 Å². The van der Waals surface area contributed by atoms with Gasteiger partial charge in [0.25, 0.3) is 0 Å². The quantitative estimate of drug-likeness (QED) is 0.563. The number of aliphatic imine (C=N–C) groups is 1. The number of esters is 1. The zero-order valence-corrected chi connectivity index (χ0v) is 16.1. The lowest BCUT2D eigenvalue weighted by molar-refractivity contribution is -0.138. The minimum atomic E-state index is -1.18. The number of nitrogens with one attached hydrogen (secondary N) is 1. The third kappa shape index (κ3) is 4.12. The van der Waals surface area contributed by atoms with Crippen molar-refractivity contribution in [2.45, 2.75) is 19.9 Å². The zero-order valence-electron chi connectivity index (χ0n) is 15.3. The van der Waals surface area contributed by atoms with Crippen LogP contribution in [-0.4, -0.2) is 18.4 Å². The predicted molar refractivity (Wildman–Crippen MR) is 99.5 cm³/mol. The molecule has 2 aromatic rings. The number of ether oxygens (including phenoxy) is 1. The highest BCUT2D eigenvalue weighted by molar-refractivity contribution is 6.31. The summed E-state index contributed by atoms with van der Waals surface area (Å²) >= 11 is 6.13. The lowest BCUT2D eigenvalue weighted by Gasteiger charge is -2.27. The number of carbonyl (C=O) groups excluding carboxylic acids is 1. The lowest BCUT2D eigenvalue weighted by atomic mass is 9.95. The van der Waals surface area contributed by atoms with Crippen LogP contribution in [0.3, 0.4) is 0 Å². The van der Waals surface area contributed by atoms with Crippen LogP contribution in [0.15, 0.2) is 46.6 Å².